The van der Waals surface area contributed by atoms with Crippen LogP contribution in [0.1, 0.15) is 36.3 Å². The van der Waals surface area contributed by atoms with Crippen molar-refractivity contribution in [1.82, 2.24) is 14.3 Å². The van der Waals surface area contributed by atoms with Gasteiger partial charge in [0.1, 0.15) is 0 Å². The fourth-order valence-electron chi connectivity index (χ4n) is 4.85. The molecule has 8 heteroatoms. The van der Waals surface area contributed by atoms with Crippen LogP contribution in [0, 0.1) is 5.92 Å². The molecule has 0 aromatic heterocycles. The van der Waals surface area contributed by atoms with Crippen LogP contribution in [-0.2, 0) is 21.2 Å². The normalized spacial score (nSPS) is 20.6. The summed E-state index contributed by atoms with van der Waals surface area (Å²) < 4.78 is 37.7. The van der Waals surface area contributed by atoms with Gasteiger partial charge < -0.3 is 10.1 Å². The Kier molecular flexibility index (Phi) is 9.83. The number of rotatable bonds is 12. The van der Waals surface area contributed by atoms with Gasteiger partial charge in [-0.25, -0.2) is 8.42 Å². The molecule has 2 heterocycles. The molecule has 0 aliphatic carbocycles. The van der Waals surface area contributed by atoms with E-state index in [-0.39, 0.29) is 12.0 Å². The van der Waals surface area contributed by atoms with E-state index in [4.69, 9.17) is 4.74 Å². The largest absolute Gasteiger partial charge is 0.377 e. The molecule has 0 saturated carbocycles. The van der Waals surface area contributed by atoms with Gasteiger partial charge in [-0.15, -0.1) is 0 Å². The first-order valence-electron chi connectivity index (χ1n) is 12.5. The highest BCUT2D eigenvalue weighted by Crippen LogP contribution is 2.28. The zero-order valence-corrected chi connectivity index (χ0v) is 21.9. The van der Waals surface area contributed by atoms with Gasteiger partial charge in [0.15, 0.2) is 0 Å². The van der Waals surface area contributed by atoms with Crippen molar-refractivity contribution in [3.8, 4) is 0 Å². The highest BCUT2D eigenvalue weighted by Gasteiger charge is 2.32. The van der Waals surface area contributed by atoms with E-state index in [1.54, 1.807) is 21.8 Å². The van der Waals surface area contributed by atoms with Crippen molar-refractivity contribution in [3.63, 3.8) is 0 Å². The molecular formula is C27H37N3O3S2. The Morgan fingerprint density at radius 3 is 2.57 bits per heavy atom. The lowest BCUT2D eigenvalue weighted by Crippen LogP contribution is -2.33. The number of hydrogen-bond donors (Lipinski definition) is 2. The number of ether oxygens (including phenoxy) is 1. The monoisotopic (exact) mass is 515 g/mol. The van der Waals surface area contributed by atoms with Crippen molar-refractivity contribution in [2.75, 3.05) is 39.3 Å². The van der Waals surface area contributed by atoms with Crippen LogP contribution in [0.4, 0.5) is 0 Å². The van der Waals surface area contributed by atoms with Crippen LogP contribution in [0.5, 0.6) is 0 Å². The lowest BCUT2D eigenvalue weighted by Gasteiger charge is -2.26. The Balaban J connectivity index is 1.43. The summed E-state index contributed by atoms with van der Waals surface area (Å²) in [6, 6.07) is 17.9. The Hall–Kier alpha value is -1.68. The molecule has 0 amide bonds. The molecule has 2 aromatic rings. The summed E-state index contributed by atoms with van der Waals surface area (Å²) in [5, 5.41) is 5.13. The molecule has 0 radical (unpaired) electrons. The maximum atomic E-state index is 13.3. The molecule has 2 aliphatic rings. The van der Waals surface area contributed by atoms with E-state index in [0.29, 0.717) is 30.5 Å². The topological polar surface area (TPSA) is 70.7 Å². The predicted octanol–water partition coefficient (Wildman–Crippen LogP) is 4.17. The van der Waals surface area contributed by atoms with Crippen LogP contribution in [0.15, 0.2) is 71.5 Å². The van der Waals surface area contributed by atoms with Gasteiger partial charge >= 0.3 is 0 Å². The molecule has 2 N–H and O–H groups in total. The van der Waals surface area contributed by atoms with E-state index in [9.17, 15) is 8.42 Å². The molecule has 2 fully saturated rings. The zero-order valence-electron chi connectivity index (χ0n) is 20.3. The highest BCUT2D eigenvalue weighted by molar-refractivity contribution is 8.00. The second kappa shape index (κ2) is 13.0. The van der Waals surface area contributed by atoms with Gasteiger partial charge in [0.05, 0.1) is 17.6 Å². The fourth-order valence-corrected chi connectivity index (χ4v) is 6.83. The summed E-state index contributed by atoms with van der Waals surface area (Å²) >= 11 is 1.45. The average molecular weight is 516 g/mol. The van der Waals surface area contributed by atoms with Crippen LogP contribution in [-0.4, -0.2) is 58.2 Å². The molecule has 2 aromatic carbocycles. The molecule has 0 spiro atoms. The number of piperidine rings is 1. The van der Waals surface area contributed by atoms with Crippen molar-refractivity contribution in [2.45, 2.75) is 42.6 Å². The van der Waals surface area contributed by atoms with Gasteiger partial charge in [-0.3, -0.25) is 4.72 Å². The summed E-state index contributed by atoms with van der Waals surface area (Å²) in [5.41, 5.74) is 2.38. The van der Waals surface area contributed by atoms with Crippen LogP contribution in [0.2, 0.25) is 0 Å². The summed E-state index contributed by atoms with van der Waals surface area (Å²) in [6.07, 6.45) is 4.09. The van der Waals surface area contributed by atoms with Gasteiger partial charge in [0, 0.05) is 25.6 Å². The second-order valence-corrected chi connectivity index (χ2v) is 12.2. The van der Waals surface area contributed by atoms with Crippen molar-refractivity contribution >= 4 is 22.0 Å². The summed E-state index contributed by atoms with van der Waals surface area (Å²) in [7, 11) is -3.49. The van der Waals surface area contributed by atoms with Crippen LogP contribution in [0.3, 0.4) is 0 Å². The molecule has 35 heavy (non-hydrogen) atoms. The van der Waals surface area contributed by atoms with E-state index < -0.39 is 10.0 Å². The van der Waals surface area contributed by atoms with E-state index in [0.717, 1.165) is 50.9 Å². The molecule has 2 aliphatic heterocycles. The molecule has 190 valence electrons. The number of nitrogens with one attached hydrogen (secondary N) is 2. The van der Waals surface area contributed by atoms with Crippen LogP contribution >= 0.6 is 11.9 Å². The van der Waals surface area contributed by atoms with E-state index in [2.05, 4.69) is 40.9 Å². The minimum Gasteiger partial charge on any atom is -0.377 e. The van der Waals surface area contributed by atoms with E-state index in [1.165, 1.54) is 17.5 Å². The summed E-state index contributed by atoms with van der Waals surface area (Å²) in [6.45, 7) is 8.21. The lowest BCUT2D eigenvalue weighted by atomic mass is 9.92. The third kappa shape index (κ3) is 7.41. The second-order valence-electron chi connectivity index (χ2n) is 9.39. The van der Waals surface area contributed by atoms with Crippen LogP contribution < -0.4 is 10.0 Å². The van der Waals surface area contributed by atoms with Gasteiger partial charge in [-0.1, -0.05) is 61.0 Å². The van der Waals surface area contributed by atoms with Gasteiger partial charge in [-0.05, 0) is 73.4 Å². The first-order valence-corrected chi connectivity index (χ1v) is 14.8. The van der Waals surface area contributed by atoms with E-state index in [1.807, 2.05) is 18.2 Å². The van der Waals surface area contributed by atoms with Gasteiger partial charge in [-0.2, -0.15) is 4.31 Å². The maximum absolute atomic E-state index is 13.3. The maximum Gasteiger partial charge on any atom is 0.243 e. The molecule has 6 nitrogen and oxygen atoms in total. The third-order valence-corrected chi connectivity index (χ3v) is 9.30. The fraction of sp³-hybridized carbons (Fsp3) is 0.481. The quantitative estimate of drug-likeness (QED) is 0.327. The molecule has 2 atom stereocenters. The number of sulfonamides is 1. The molecule has 1 unspecified atom stereocenters. The summed E-state index contributed by atoms with van der Waals surface area (Å²) in [4.78, 5) is 0.369. The first-order chi connectivity index (χ1) is 17.1. The highest BCUT2D eigenvalue weighted by atomic mass is 32.2. The Morgan fingerprint density at radius 2 is 1.86 bits per heavy atom. The minimum absolute atomic E-state index is 0.175. The van der Waals surface area contributed by atoms with E-state index >= 15 is 0 Å². The van der Waals surface area contributed by atoms with Gasteiger partial charge in [0.2, 0.25) is 10.0 Å². The predicted molar refractivity (Wildman–Crippen MR) is 144 cm³/mol. The molecule has 2 saturated heterocycles. The SMILES string of the molecule is C=CSNC[C@H]1CCN(S(=O)(=O)c2ccc(C(COC3CCNCC3)Cc3ccccc3)cc2)C1. The van der Waals surface area contributed by atoms with Crippen molar-refractivity contribution < 1.29 is 13.2 Å². The number of hydrogen-bond acceptors (Lipinski definition) is 6. The molecule has 0 bridgehead atoms. The molecular weight excluding hydrogens is 478 g/mol. The lowest BCUT2D eigenvalue weighted by molar-refractivity contribution is 0.0242. The standard InChI is InChI=1S/C27H37N3O3S2/c1-2-34-29-19-23-14-17-30(20-23)35(31,32)27-10-8-24(9-11-27)25(18-22-6-4-3-5-7-22)21-33-26-12-15-28-16-13-26/h2-11,23,25-26,28-29H,1,12-21H2/t23-,25?/m1/s1. The zero-order chi connectivity index (χ0) is 24.5. The van der Waals surface area contributed by atoms with Crippen molar-refractivity contribution in [3.05, 3.63) is 77.7 Å². The Morgan fingerprint density at radius 1 is 1.11 bits per heavy atom. The van der Waals surface area contributed by atoms with Crippen LogP contribution in [0.25, 0.3) is 0 Å². The first kappa shape index (κ1) is 26.4. The average Bonchev–Trinajstić information content (AvgIpc) is 3.38. The third-order valence-electron chi connectivity index (χ3n) is 6.92. The number of nitrogens with zero attached hydrogens (tertiary/aromatic N) is 1. The molecule has 4 rings (SSSR count). The summed E-state index contributed by atoms with van der Waals surface area (Å²) in [5.74, 6) is 0.493. The minimum atomic E-state index is -3.49. The van der Waals surface area contributed by atoms with Crippen molar-refractivity contribution in [1.29, 1.82) is 0 Å². The Bertz CT molecular complexity index is 1030. The Labute approximate surface area is 214 Å². The number of benzene rings is 2. The van der Waals surface area contributed by atoms with Gasteiger partial charge in [0.25, 0.3) is 0 Å². The van der Waals surface area contributed by atoms with Crippen molar-refractivity contribution in [2.24, 2.45) is 5.92 Å². The smallest absolute Gasteiger partial charge is 0.243 e.